The number of amides is 1. The van der Waals surface area contributed by atoms with Crippen molar-refractivity contribution in [3.63, 3.8) is 0 Å². The van der Waals surface area contributed by atoms with Crippen LogP contribution in [0.4, 0.5) is 0 Å². The van der Waals surface area contributed by atoms with E-state index in [-0.39, 0.29) is 17.7 Å². The summed E-state index contributed by atoms with van der Waals surface area (Å²) in [5.74, 6) is 0.104. The van der Waals surface area contributed by atoms with E-state index >= 15 is 0 Å². The summed E-state index contributed by atoms with van der Waals surface area (Å²) in [6.45, 7) is 5.85. The van der Waals surface area contributed by atoms with E-state index in [1.165, 1.54) is 5.56 Å². The normalized spacial score (nSPS) is 20.0. The molecule has 1 aliphatic rings. The van der Waals surface area contributed by atoms with Crippen LogP contribution in [0.3, 0.4) is 0 Å². The smallest absolute Gasteiger partial charge is 0.290 e. The Labute approximate surface area is 130 Å². The molecule has 1 aliphatic heterocycles. The molecule has 1 aromatic carbocycles. The first-order chi connectivity index (χ1) is 10.6. The van der Waals surface area contributed by atoms with E-state index in [2.05, 4.69) is 46.6 Å². The monoisotopic (exact) mass is 299 g/mol. The number of nitrogens with zero attached hydrogens (tertiary/aromatic N) is 2. The maximum atomic E-state index is 12.1. The third-order valence-electron chi connectivity index (χ3n) is 4.24. The van der Waals surface area contributed by atoms with Crippen molar-refractivity contribution in [3.8, 4) is 0 Å². The summed E-state index contributed by atoms with van der Waals surface area (Å²) >= 11 is 0. The minimum Gasteiger partial charge on any atom is -0.351 e. The predicted octanol–water partition coefficient (Wildman–Crippen LogP) is 2.55. The van der Waals surface area contributed by atoms with Crippen molar-refractivity contribution in [2.24, 2.45) is 0 Å². The van der Waals surface area contributed by atoms with E-state index in [1.807, 2.05) is 6.07 Å². The number of benzene rings is 1. The summed E-state index contributed by atoms with van der Waals surface area (Å²) in [5, 5.41) is 6.78. The van der Waals surface area contributed by atoms with Gasteiger partial charge in [-0.1, -0.05) is 35.5 Å². The molecule has 0 unspecified atom stereocenters. The van der Waals surface area contributed by atoms with Crippen LogP contribution in [0.15, 0.2) is 40.9 Å². The third kappa shape index (κ3) is 3.20. The Balaban J connectivity index is 1.57. The van der Waals surface area contributed by atoms with E-state index in [4.69, 9.17) is 4.52 Å². The largest absolute Gasteiger partial charge is 0.351 e. The Bertz CT molecular complexity index is 638. The molecule has 5 heteroatoms. The fourth-order valence-corrected chi connectivity index (χ4v) is 2.93. The number of aromatic nitrogens is 1. The molecule has 0 spiro atoms. The zero-order chi connectivity index (χ0) is 15.5. The van der Waals surface area contributed by atoms with Crippen LogP contribution in [0.25, 0.3) is 0 Å². The van der Waals surface area contributed by atoms with Gasteiger partial charge in [0.2, 0.25) is 5.76 Å². The Morgan fingerprint density at radius 2 is 2.18 bits per heavy atom. The van der Waals surface area contributed by atoms with Crippen molar-refractivity contribution in [2.45, 2.75) is 32.4 Å². The molecule has 1 saturated heterocycles. The molecule has 0 bridgehead atoms. The van der Waals surface area contributed by atoms with Gasteiger partial charge in [-0.3, -0.25) is 9.69 Å². The summed E-state index contributed by atoms with van der Waals surface area (Å²) in [5.41, 5.74) is 2.02. The van der Waals surface area contributed by atoms with Gasteiger partial charge in [0.1, 0.15) is 0 Å². The van der Waals surface area contributed by atoms with Gasteiger partial charge in [0.05, 0.1) is 5.69 Å². The lowest BCUT2D eigenvalue weighted by molar-refractivity contribution is 0.0899. The SMILES string of the molecule is Cc1cc(C(=O)N[C@H]2CCN([C@@H](C)c3ccccc3)C2)on1. The number of hydrogen-bond donors (Lipinski definition) is 1. The van der Waals surface area contributed by atoms with Crippen molar-refractivity contribution in [1.82, 2.24) is 15.4 Å². The number of aryl methyl sites for hydroxylation is 1. The van der Waals surface area contributed by atoms with Gasteiger partial charge in [0.15, 0.2) is 0 Å². The first-order valence-electron chi connectivity index (χ1n) is 7.66. The van der Waals surface area contributed by atoms with Gasteiger partial charge in [-0.2, -0.15) is 0 Å². The van der Waals surface area contributed by atoms with Crippen LogP contribution in [0, 0.1) is 6.92 Å². The second-order valence-electron chi connectivity index (χ2n) is 5.87. The van der Waals surface area contributed by atoms with Gasteiger partial charge in [-0.05, 0) is 25.8 Å². The summed E-state index contributed by atoms with van der Waals surface area (Å²) < 4.78 is 5.00. The minimum absolute atomic E-state index is 0.157. The van der Waals surface area contributed by atoms with Crippen molar-refractivity contribution >= 4 is 5.91 Å². The summed E-state index contributed by atoms with van der Waals surface area (Å²) in [6.07, 6.45) is 0.954. The standard InChI is InChI=1S/C17H21N3O2/c1-12-10-16(22-19-12)17(21)18-15-8-9-20(11-15)13(2)14-6-4-3-5-7-14/h3-7,10,13,15H,8-9,11H2,1-2H3,(H,18,21)/t13-,15-/m0/s1. The Kier molecular flexibility index (Phi) is 4.24. The summed E-state index contributed by atoms with van der Waals surface area (Å²) in [7, 11) is 0. The van der Waals surface area contributed by atoms with Crippen LogP contribution in [-0.2, 0) is 0 Å². The van der Waals surface area contributed by atoms with Crippen LogP contribution < -0.4 is 5.32 Å². The molecule has 1 aromatic heterocycles. The number of nitrogens with one attached hydrogen (secondary N) is 1. The van der Waals surface area contributed by atoms with Gasteiger partial charge in [0.25, 0.3) is 5.91 Å². The predicted molar refractivity (Wildman–Crippen MR) is 83.5 cm³/mol. The lowest BCUT2D eigenvalue weighted by Gasteiger charge is -2.24. The summed E-state index contributed by atoms with van der Waals surface area (Å²) in [6, 6.07) is 12.6. The maximum absolute atomic E-state index is 12.1. The van der Waals surface area contributed by atoms with E-state index < -0.39 is 0 Å². The van der Waals surface area contributed by atoms with Gasteiger partial charge >= 0.3 is 0 Å². The fourth-order valence-electron chi connectivity index (χ4n) is 2.93. The zero-order valence-corrected chi connectivity index (χ0v) is 13.0. The van der Waals surface area contributed by atoms with E-state index in [0.717, 1.165) is 25.2 Å². The molecule has 22 heavy (non-hydrogen) atoms. The van der Waals surface area contributed by atoms with Crippen LogP contribution >= 0.6 is 0 Å². The highest BCUT2D eigenvalue weighted by Gasteiger charge is 2.28. The van der Waals surface area contributed by atoms with Crippen molar-refractivity contribution in [3.05, 3.63) is 53.4 Å². The number of rotatable bonds is 4. The van der Waals surface area contributed by atoms with Gasteiger partial charge in [-0.25, -0.2) is 0 Å². The maximum Gasteiger partial charge on any atom is 0.290 e. The fraction of sp³-hybridized carbons (Fsp3) is 0.412. The number of hydrogen-bond acceptors (Lipinski definition) is 4. The van der Waals surface area contributed by atoms with E-state index in [0.29, 0.717) is 6.04 Å². The average molecular weight is 299 g/mol. The molecule has 1 N–H and O–H groups in total. The first kappa shape index (κ1) is 14.8. The van der Waals surface area contributed by atoms with Crippen LogP contribution in [0.2, 0.25) is 0 Å². The number of likely N-dealkylation sites (tertiary alicyclic amines) is 1. The lowest BCUT2D eigenvalue weighted by atomic mass is 10.1. The molecule has 3 rings (SSSR count). The number of carbonyl (C=O) groups is 1. The van der Waals surface area contributed by atoms with Crippen LogP contribution in [-0.4, -0.2) is 35.1 Å². The molecule has 2 heterocycles. The molecule has 2 aromatic rings. The third-order valence-corrected chi connectivity index (χ3v) is 4.24. The summed E-state index contributed by atoms with van der Waals surface area (Å²) in [4.78, 5) is 14.5. The zero-order valence-electron chi connectivity index (χ0n) is 13.0. The first-order valence-corrected chi connectivity index (χ1v) is 7.66. The highest BCUT2D eigenvalue weighted by atomic mass is 16.5. The molecule has 0 radical (unpaired) electrons. The van der Waals surface area contributed by atoms with E-state index in [1.54, 1.807) is 13.0 Å². The van der Waals surface area contributed by atoms with Crippen molar-refractivity contribution in [1.29, 1.82) is 0 Å². The number of carbonyl (C=O) groups excluding carboxylic acids is 1. The Morgan fingerprint density at radius 1 is 1.41 bits per heavy atom. The molecule has 1 fully saturated rings. The molecule has 5 nitrogen and oxygen atoms in total. The Morgan fingerprint density at radius 3 is 2.86 bits per heavy atom. The molecule has 0 saturated carbocycles. The van der Waals surface area contributed by atoms with Crippen molar-refractivity contribution in [2.75, 3.05) is 13.1 Å². The van der Waals surface area contributed by atoms with E-state index in [9.17, 15) is 4.79 Å². The quantitative estimate of drug-likeness (QED) is 0.942. The van der Waals surface area contributed by atoms with Gasteiger partial charge < -0.3 is 9.84 Å². The van der Waals surface area contributed by atoms with Crippen LogP contribution in [0.5, 0.6) is 0 Å². The molecule has 2 atom stereocenters. The molecular weight excluding hydrogens is 278 g/mol. The van der Waals surface area contributed by atoms with Crippen LogP contribution in [0.1, 0.15) is 41.2 Å². The highest BCUT2D eigenvalue weighted by Crippen LogP contribution is 2.24. The van der Waals surface area contributed by atoms with Gasteiger partial charge in [-0.15, -0.1) is 0 Å². The second kappa shape index (κ2) is 6.32. The van der Waals surface area contributed by atoms with Gasteiger partial charge in [0, 0.05) is 31.2 Å². The molecule has 116 valence electrons. The topological polar surface area (TPSA) is 58.4 Å². The highest BCUT2D eigenvalue weighted by molar-refractivity contribution is 5.91. The minimum atomic E-state index is -0.181. The lowest BCUT2D eigenvalue weighted by Crippen LogP contribution is -2.37. The Hall–Kier alpha value is -2.14. The van der Waals surface area contributed by atoms with Crippen molar-refractivity contribution < 1.29 is 9.32 Å². The average Bonchev–Trinajstić information content (AvgIpc) is 3.16. The molecular formula is C17H21N3O2. The molecule has 1 amide bonds. The second-order valence-corrected chi connectivity index (χ2v) is 5.87. The molecule has 0 aliphatic carbocycles.